The largest absolute Gasteiger partial charge is 0.481 e. The zero-order chi connectivity index (χ0) is 11.3. The summed E-state index contributed by atoms with van der Waals surface area (Å²) in [4.78, 5) is 12.5. The van der Waals surface area contributed by atoms with Crippen LogP contribution in [0.3, 0.4) is 0 Å². The Kier molecular flexibility index (Phi) is 4.40. The van der Waals surface area contributed by atoms with Crippen molar-refractivity contribution in [2.24, 2.45) is 0 Å². The predicted octanol–water partition coefficient (Wildman–Crippen LogP) is 2.41. The monoisotopic (exact) mass is 209 g/mol. The Labute approximate surface area is 91.1 Å². The fourth-order valence-electron chi connectivity index (χ4n) is 1.97. The van der Waals surface area contributed by atoms with Gasteiger partial charge in [0, 0.05) is 19.3 Å². The Morgan fingerprint density at radius 2 is 2.20 bits per heavy atom. The lowest BCUT2D eigenvalue weighted by molar-refractivity contribution is -0.137. The van der Waals surface area contributed by atoms with Gasteiger partial charge in [-0.2, -0.15) is 0 Å². The maximum atomic E-state index is 10.5. The molecular weight excluding hydrogens is 190 g/mol. The molecule has 0 bridgehead atoms. The lowest BCUT2D eigenvalue weighted by atomic mass is 9.95. The van der Waals surface area contributed by atoms with Crippen molar-refractivity contribution in [1.29, 1.82) is 0 Å². The van der Waals surface area contributed by atoms with Crippen molar-refractivity contribution < 1.29 is 9.90 Å². The van der Waals surface area contributed by atoms with Crippen LogP contribution in [-0.2, 0) is 4.79 Å². The second kappa shape index (κ2) is 5.59. The van der Waals surface area contributed by atoms with E-state index in [9.17, 15) is 4.79 Å². The van der Waals surface area contributed by atoms with Crippen molar-refractivity contribution in [3.05, 3.63) is 23.9 Å². The van der Waals surface area contributed by atoms with Gasteiger partial charge in [-0.3, -0.25) is 4.79 Å². The lowest BCUT2D eigenvalue weighted by Gasteiger charge is -2.27. The Hall–Kier alpha value is -1.25. The molecule has 3 nitrogen and oxygen atoms in total. The molecule has 0 aromatic rings. The molecular formula is C12H19NO2. The molecule has 0 fully saturated rings. The third-order valence-corrected chi connectivity index (χ3v) is 2.85. The quantitative estimate of drug-likeness (QED) is 0.756. The molecule has 0 saturated carbocycles. The highest BCUT2D eigenvalue weighted by atomic mass is 16.4. The van der Waals surface area contributed by atoms with Crippen molar-refractivity contribution in [1.82, 2.24) is 4.90 Å². The van der Waals surface area contributed by atoms with Gasteiger partial charge in [0.05, 0.1) is 6.42 Å². The van der Waals surface area contributed by atoms with Gasteiger partial charge >= 0.3 is 5.97 Å². The first-order valence-corrected chi connectivity index (χ1v) is 5.42. The van der Waals surface area contributed by atoms with Crippen LogP contribution in [0, 0.1) is 0 Å². The number of carboxylic acids is 1. The Balaban J connectivity index is 2.62. The molecule has 15 heavy (non-hydrogen) atoms. The van der Waals surface area contributed by atoms with Crippen molar-refractivity contribution in [2.75, 3.05) is 13.6 Å². The van der Waals surface area contributed by atoms with E-state index in [1.807, 2.05) is 13.1 Å². The minimum absolute atomic E-state index is 0.199. The molecule has 0 spiro atoms. The summed E-state index contributed by atoms with van der Waals surface area (Å²) in [5.74, 6) is -0.738. The van der Waals surface area contributed by atoms with Crippen molar-refractivity contribution in [3.63, 3.8) is 0 Å². The topological polar surface area (TPSA) is 40.5 Å². The van der Waals surface area contributed by atoms with E-state index in [4.69, 9.17) is 5.11 Å². The average molecular weight is 209 g/mol. The zero-order valence-electron chi connectivity index (χ0n) is 9.33. The van der Waals surface area contributed by atoms with Crippen LogP contribution in [-0.4, -0.2) is 29.6 Å². The van der Waals surface area contributed by atoms with E-state index in [1.165, 1.54) is 24.1 Å². The van der Waals surface area contributed by atoms with Crippen LogP contribution in [0.25, 0.3) is 0 Å². The van der Waals surface area contributed by atoms with Crippen LogP contribution in [0.1, 0.15) is 32.1 Å². The molecule has 0 heterocycles. The second-order valence-electron chi connectivity index (χ2n) is 3.95. The minimum atomic E-state index is -0.738. The predicted molar refractivity (Wildman–Crippen MR) is 60.6 cm³/mol. The number of nitrogens with zero attached hydrogens (tertiary/aromatic N) is 1. The SMILES string of the molecule is C=CC1=C(N(C)CCC(=O)O)CCCC1. The van der Waals surface area contributed by atoms with Crippen LogP contribution in [0.5, 0.6) is 0 Å². The summed E-state index contributed by atoms with van der Waals surface area (Å²) in [5.41, 5.74) is 2.56. The second-order valence-corrected chi connectivity index (χ2v) is 3.95. The van der Waals surface area contributed by atoms with Gasteiger partial charge in [0.1, 0.15) is 0 Å². The molecule has 0 aromatic carbocycles. The summed E-state index contributed by atoms with van der Waals surface area (Å²) < 4.78 is 0. The summed E-state index contributed by atoms with van der Waals surface area (Å²) in [6.07, 6.45) is 6.66. The van der Waals surface area contributed by atoms with E-state index in [-0.39, 0.29) is 6.42 Å². The first-order chi connectivity index (χ1) is 7.15. The molecule has 0 amide bonds. The van der Waals surface area contributed by atoms with Crippen LogP contribution < -0.4 is 0 Å². The fourth-order valence-corrected chi connectivity index (χ4v) is 1.97. The summed E-state index contributed by atoms with van der Waals surface area (Å²) >= 11 is 0. The van der Waals surface area contributed by atoms with Crippen molar-refractivity contribution >= 4 is 5.97 Å². The van der Waals surface area contributed by atoms with Gasteiger partial charge < -0.3 is 10.0 Å². The zero-order valence-corrected chi connectivity index (χ0v) is 9.33. The number of hydrogen-bond acceptors (Lipinski definition) is 2. The van der Waals surface area contributed by atoms with Crippen LogP contribution in [0.15, 0.2) is 23.9 Å². The normalized spacial score (nSPS) is 16.3. The molecule has 1 rings (SSSR count). The molecule has 0 aliphatic heterocycles. The van der Waals surface area contributed by atoms with Gasteiger partial charge in [-0.1, -0.05) is 12.7 Å². The van der Waals surface area contributed by atoms with Crippen molar-refractivity contribution in [3.8, 4) is 0 Å². The molecule has 1 aliphatic rings. The van der Waals surface area contributed by atoms with E-state index in [1.54, 1.807) is 0 Å². The number of carbonyl (C=O) groups is 1. The van der Waals surface area contributed by atoms with E-state index in [0.717, 1.165) is 12.8 Å². The standard InChI is InChI=1S/C12H19NO2/c1-3-10-6-4-5-7-11(10)13(2)9-8-12(14)15/h3H,1,4-9H2,2H3,(H,14,15). The number of rotatable bonds is 5. The van der Waals surface area contributed by atoms with E-state index < -0.39 is 5.97 Å². The molecule has 0 unspecified atom stereocenters. The third-order valence-electron chi connectivity index (χ3n) is 2.85. The van der Waals surface area contributed by atoms with Gasteiger partial charge in [0.2, 0.25) is 0 Å². The molecule has 1 aliphatic carbocycles. The van der Waals surface area contributed by atoms with E-state index in [0.29, 0.717) is 6.54 Å². The van der Waals surface area contributed by atoms with Gasteiger partial charge in [-0.05, 0) is 31.3 Å². The fraction of sp³-hybridized carbons (Fsp3) is 0.583. The smallest absolute Gasteiger partial charge is 0.305 e. The van der Waals surface area contributed by atoms with Crippen molar-refractivity contribution in [2.45, 2.75) is 32.1 Å². The number of hydrogen-bond donors (Lipinski definition) is 1. The molecule has 3 heteroatoms. The van der Waals surface area contributed by atoms with E-state index in [2.05, 4.69) is 11.5 Å². The molecule has 0 saturated heterocycles. The molecule has 0 atom stereocenters. The summed E-state index contributed by atoms with van der Waals surface area (Å²) in [5, 5.41) is 8.62. The first-order valence-electron chi connectivity index (χ1n) is 5.42. The summed E-state index contributed by atoms with van der Waals surface area (Å²) in [6, 6.07) is 0. The Morgan fingerprint density at radius 3 is 2.80 bits per heavy atom. The summed E-state index contributed by atoms with van der Waals surface area (Å²) in [6.45, 7) is 4.40. The highest BCUT2D eigenvalue weighted by molar-refractivity contribution is 5.66. The minimum Gasteiger partial charge on any atom is -0.481 e. The highest BCUT2D eigenvalue weighted by Crippen LogP contribution is 2.27. The summed E-state index contributed by atoms with van der Waals surface area (Å²) in [7, 11) is 1.97. The average Bonchev–Trinajstić information content (AvgIpc) is 2.25. The molecule has 1 N–H and O–H groups in total. The lowest BCUT2D eigenvalue weighted by Crippen LogP contribution is -2.23. The maximum absolute atomic E-state index is 10.5. The maximum Gasteiger partial charge on any atom is 0.305 e. The van der Waals surface area contributed by atoms with Gasteiger partial charge in [-0.25, -0.2) is 0 Å². The molecule has 84 valence electrons. The number of allylic oxidation sites excluding steroid dienone is 3. The first kappa shape index (κ1) is 11.8. The Bertz CT molecular complexity index is 281. The molecule has 0 radical (unpaired) electrons. The third kappa shape index (κ3) is 3.42. The van der Waals surface area contributed by atoms with E-state index >= 15 is 0 Å². The van der Waals surface area contributed by atoms with Crippen LogP contribution in [0.2, 0.25) is 0 Å². The van der Waals surface area contributed by atoms with Gasteiger partial charge in [0.25, 0.3) is 0 Å². The Morgan fingerprint density at radius 1 is 1.53 bits per heavy atom. The molecule has 0 aromatic heterocycles. The van der Waals surface area contributed by atoms with Crippen LogP contribution in [0.4, 0.5) is 0 Å². The highest BCUT2D eigenvalue weighted by Gasteiger charge is 2.14. The number of carboxylic acid groups (broad SMARTS) is 1. The van der Waals surface area contributed by atoms with Gasteiger partial charge in [-0.15, -0.1) is 0 Å². The van der Waals surface area contributed by atoms with Crippen LogP contribution >= 0.6 is 0 Å². The van der Waals surface area contributed by atoms with Gasteiger partial charge in [0.15, 0.2) is 0 Å². The number of aliphatic carboxylic acids is 1.